The van der Waals surface area contributed by atoms with Gasteiger partial charge in [-0.25, -0.2) is 9.78 Å². The molecule has 0 aliphatic carbocycles. The zero-order valence-electron chi connectivity index (χ0n) is 17.8. The lowest BCUT2D eigenvalue weighted by molar-refractivity contribution is -0.384. The average molecular weight is 426 g/mol. The maximum absolute atomic E-state index is 12.5. The van der Waals surface area contributed by atoms with Crippen LogP contribution in [0, 0.1) is 16.0 Å². The van der Waals surface area contributed by atoms with Crippen LogP contribution in [0.15, 0.2) is 36.7 Å². The molecule has 0 radical (unpaired) electrons. The second-order valence-corrected chi connectivity index (χ2v) is 8.95. The van der Waals surface area contributed by atoms with Crippen molar-refractivity contribution >= 4 is 29.1 Å². The van der Waals surface area contributed by atoms with E-state index in [9.17, 15) is 14.9 Å². The van der Waals surface area contributed by atoms with E-state index in [1.807, 2.05) is 20.8 Å². The topological polar surface area (TPSA) is 114 Å². The molecule has 2 aliphatic rings. The van der Waals surface area contributed by atoms with Gasteiger partial charge in [0.2, 0.25) is 5.82 Å². The number of carbonyl (C=O) groups excluding carboxylic acids is 1. The summed E-state index contributed by atoms with van der Waals surface area (Å²) in [6, 6.07) is 6.68. The third-order valence-electron chi connectivity index (χ3n) is 5.36. The number of ether oxygens (including phenoxy) is 1. The Kier molecular flexibility index (Phi) is 5.38. The molecule has 2 aliphatic heterocycles. The predicted molar refractivity (Wildman–Crippen MR) is 115 cm³/mol. The number of piperidine rings is 1. The van der Waals surface area contributed by atoms with Crippen molar-refractivity contribution in [3.05, 3.63) is 46.8 Å². The van der Waals surface area contributed by atoms with Crippen LogP contribution >= 0.6 is 0 Å². The van der Waals surface area contributed by atoms with Gasteiger partial charge in [0.1, 0.15) is 11.4 Å². The molecule has 4 heterocycles. The summed E-state index contributed by atoms with van der Waals surface area (Å²) in [7, 11) is 0. The molecule has 1 N–H and O–H groups in total. The molecule has 31 heavy (non-hydrogen) atoms. The number of aromatic nitrogens is 2. The Morgan fingerprint density at radius 2 is 1.94 bits per heavy atom. The van der Waals surface area contributed by atoms with Crippen molar-refractivity contribution < 1.29 is 14.5 Å². The van der Waals surface area contributed by atoms with Gasteiger partial charge in [0.05, 0.1) is 4.92 Å². The molecule has 2 fully saturated rings. The highest BCUT2D eigenvalue weighted by atomic mass is 16.6. The molecule has 2 aromatic rings. The van der Waals surface area contributed by atoms with Crippen molar-refractivity contribution in [3.63, 3.8) is 0 Å². The highest BCUT2D eigenvalue weighted by Gasteiger charge is 2.42. The lowest BCUT2D eigenvalue weighted by Crippen LogP contribution is -2.47. The second-order valence-electron chi connectivity index (χ2n) is 8.95. The Morgan fingerprint density at radius 3 is 2.61 bits per heavy atom. The molecule has 2 atom stereocenters. The van der Waals surface area contributed by atoms with Crippen LogP contribution in [0.3, 0.4) is 0 Å². The van der Waals surface area contributed by atoms with Crippen molar-refractivity contribution in [1.29, 1.82) is 0 Å². The van der Waals surface area contributed by atoms with Gasteiger partial charge in [0.15, 0.2) is 0 Å². The number of nitrogens with one attached hydrogen (secondary N) is 1. The van der Waals surface area contributed by atoms with E-state index in [1.165, 1.54) is 6.07 Å². The van der Waals surface area contributed by atoms with E-state index in [1.54, 1.807) is 35.5 Å². The zero-order chi connectivity index (χ0) is 22.2. The molecule has 2 unspecified atom stereocenters. The molecular formula is C21H26N6O4. The fourth-order valence-electron chi connectivity index (χ4n) is 4.13. The van der Waals surface area contributed by atoms with E-state index < -0.39 is 10.5 Å². The fraction of sp³-hybridized carbons (Fsp3) is 0.476. The molecule has 0 saturated carbocycles. The van der Waals surface area contributed by atoms with Crippen molar-refractivity contribution in [1.82, 2.24) is 14.9 Å². The Labute approximate surface area is 180 Å². The second kappa shape index (κ2) is 8.01. The number of nitro groups is 1. The molecule has 10 nitrogen and oxygen atoms in total. The predicted octanol–water partition coefficient (Wildman–Crippen LogP) is 3.57. The van der Waals surface area contributed by atoms with Crippen LogP contribution in [0.4, 0.5) is 27.8 Å². The monoisotopic (exact) mass is 426 g/mol. The maximum atomic E-state index is 12.5. The normalized spacial score (nSPS) is 20.5. The first-order valence-corrected chi connectivity index (χ1v) is 10.3. The summed E-state index contributed by atoms with van der Waals surface area (Å²) >= 11 is 0. The third-order valence-corrected chi connectivity index (χ3v) is 5.36. The van der Waals surface area contributed by atoms with E-state index >= 15 is 0 Å². The summed E-state index contributed by atoms with van der Waals surface area (Å²) < 4.78 is 5.53. The van der Waals surface area contributed by atoms with E-state index in [0.717, 1.165) is 13.0 Å². The molecule has 2 saturated heterocycles. The highest BCUT2D eigenvalue weighted by molar-refractivity contribution is 5.70. The minimum atomic E-state index is -0.541. The van der Waals surface area contributed by atoms with Crippen LogP contribution in [0.2, 0.25) is 0 Å². The van der Waals surface area contributed by atoms with Gasteiger partial charge in [-0.1, -0.05) is 0 Å². The largest absolute Gasteiger partial charge is 0.444 e. The first kappa shape index (κ1) is 20.8. The molecule has 1 amide bonds. The van der Waals surface area contributed by atoms with Crippen LogP contribution in [-0.4, -0.2) is 57.2 Å². The van der Waals surface area contributed by atoms with Gasteiger partial charge in [-0.2, -0.15) is 0 Å². The van der Waals surface area contributed by atoms with Gasteiger partial charge < -0.3 is 19.9 Å². The maximum Gasteiger partial charge on any atom is 0.410 e. The molecule has 0 spiro atoms. The Balaban J connectivity index is 1.55. The number of hydrogen-bond donors (Lipinski definition) is 1. The lowest BCUT2D eigenvalue weighted by atomic mass is 10.0. The Bertz CT molecular complexity index is 978. The van der Waals surface area contributed by atoms with Crippen LogP contribution in [-0.2, 0) is 4.74 Å². The van der Waals surface area contributed by atoms with E-state index in [2.05, 4.69) is 20.2 Å². The summed E-state index contributed by atoms with van der Waals surface area (Å²) in [6.45, 7) is 7.48. The molecule has 0 aromatic carbocycles. The number of nitrogens with zero attached hydrogens (tertiary/aromatic N) is 5. The highest BCUT2D eigenvalue weighted by Crippen LogP contribution is 2.36. The number of pyridine rings is 2. The van der Waals surface area contributed by atoms with Crippen molar-refractivity contribution in [2.45, 2.75) is 38.8 Å². The van der Waals surface area contributed by atoms with Crippen LogP contribution in [0.1, 0.15) is 27.2 Å². The molecule has 2 aromatic heterocycles. The number of hydrogen-bond acceptors (Lipinski definition) is 8. The fourth-order valence-corrected chi connectivity index (χ4v) is 4.13. The van der Waals surface area contributed by atoms with Crippen molar-refractivity contribution in [3.8, 4) is 0 Å². The molecule has 10 heteroatoms. The number of rotatable bonds is 4. The first-order valence-electron chi connectivity index (χ1n) is 10.3. The smallest absolute Gasteiger partial charge is 0.410 e. The average Bonchev–Trinajstić information content (AvgIpc) is 3.00. The van der Waals surface area contributed by atoms with Crippen LogP contribution < -0.4 is 10.2 Å². The van der Waals surface area contributed by atoms with Gasteiger partial charge >= 0.3 is 11.8 Å². The van der Waals surface area contributed by atoms with E-state index in [4.69, 9.17) is 4.74 Å². The summed E-state index contributed by atoms with van der Waals surface area (Å²) in [6.07, 6.45) is 3.85. The standard InChI is InChI=1S/C21H26N6O4/c1-21(2,3)31-20(28)25-11-14-10-16(13-25)26(12-14)18-5-4-17(27(29)30)19(24-18)23-15-6-8-22-9-7-15/h4-9,14,16H,10-13H2,1-3H3,(H,22,23,24). The SMILES string of the molecule is CC(C)(C)OC(=O)N1CC2CC(C1)N(c1ccc([N+](=O)[O-])c(Nc3ccncc3)n1)C2. The molecular weight excluding hydrogens is 400 g/mol. The van der Waals surface area contributed by atoms with Gasteiger partial charge in [-0.15, -0.1) is 0 Å². The molecule has 164 valence electrons. The lowest BCUT2D eigenvalue weighted by Gasteiger charge is -2.34. The summed E-state index contributed by atoms with van der Waals surface area (Å²) in [4.78, 5) is 36.0. The molecule has 4 rings (SSSR count). The Hall–Kier alpha value is -3.43. The summed E-state index contributed by atoms with van der Waals surface area (Å²) in [5.74, 6) is 1.14. The van der Waals surface area contributed by atoms with Crippen molar-refractivity contribution in [2.24, 2.45) is 5.92 Å². The minimum Gasteiger partial charge on any atom is -0.444 e. The van der Waals surface area contributed by atoms with Gasteiger partial charge in [0.25, 0.3) is 0 Å². The quantitative estimate of drug-likeness (QED) is 0.583. The van der Waals surface area contributed by atoms with E-state index in [-0.39, 0.29) is 23.6 Å². The minimum absolute atomic E-state index is 0.0917. The van der Waals surface area contributed by atoms with Gasteiger partial charge in [0, 0.05) is 49.8 Å². The van der Waals surface area contributed by atoms with Crippen LogP contribution in [0.5, 0.6) is 0 Å². The zero-order valence-corrected chi connectivity index (χ0v) is 17.8. The number of anilines is 3. The Morgan fingerprint density at radius 1 is 1.19 bits per heavy atom. The van der Waals surface area contributed by atoms with Gasteiger partial charge in [-0.3, -0.25) is 15.1 Å². The number of amides is 1. The van der Waals surface area contributed by atoms with Gasteiger partial charge in [-0.05, 0) is 51.3 Å². The van der Waals surface area contributed by atoms with Crippen molar-refractivity contribution in [2.75, 3.05) is 29.9 Å². The molecule has 2 bridgehead atoms. The van der Waals surface area contributed by atoms with E-state index in [0.29, 0.717) is 30.5 Å². The van der Waals surface area contributed by atoms with Crippen LogP contribution in [0.25, 0.3) is 0 Å². The number of likely N-dealkylation sites (tertiary alicyclic amines) is 1. The number of fused-ring (bicyclic) bond motifs is 2. The summed E-state index contributed by atoms with van der Waals surface area (Å²) in [5.41, 5.74) is 0.0258. The first-order chi connectivity index (χ1) is 14.7. The summed E-state index contributed by atoms with van der Waals surface area (Å²) in [5, 5.41) is 14.5. The number of carbonyl (C=O) groups is 1. The third kappa shape index (κ3) is 4.68.